The first-order chi connectivity index (χ1) is 13.5. The Labute approximate surface area is 163 Å². The summed E-state index contributed by atoms with van der Waals surface area (Å²) in [7, 11) is 6.42. The number of hydrogen-bond acceptors (Lipinski definition) is 5. The van der Waals surface area contributed by atoms with Gasteiger partial charge in [0.2, 0.25) is 0 Å². The number of rotatable bonds is 6. The number of amides is 1. The van der Waals surface area contributed by atoms with E-state index in [0.717, 1.165) is 16.8 Å². The first kappa shape index (κ1) is 19.3. The monoisotopic (exact) mass is 381 g/mol. The molecule has 0 atom stereocenters. The standard InChI is InChI=1S/C21H23N3O4/c1-13-18(14-9-6-7-10-15(14)26-3)20(24(2)23-13)22-21(25)19-16(27-4)11-8-12-17(19)28-5/h6-12H,1-5H3,(H,22,25). The van der Waals surface area contributed by atoms with Crippen LogP contribution in [0.3, 0.4) is 0 Å². The van der Waals surface area contributed by atoms with Crippen LogP contribution in [-0.4, -0.2) is 37.0 Å². The summed E-state index contributed by atoms with van der Waals surface area (Å²) in [6.45, 7) is 1.89. The molecule has 2 aromatic carbocycles. The number of hydrogen-bond donors (Lipinski definition) is 1. The molecule has 0 fully saturated rings. The van der Waals surface area contributed by atoms with Crippen molar-refractivity contribution < 1.29 is 19.0 Å². The molecular weight excluding hydrogens is 358 g/mol. The Balaban J connectivity index is 2.09. The Hall–Kier alpha value is -3.48. The summed E-state index contributed by atoms with van der Waals surface area (Å²) in [5.41, 5.74) is 2.73. The number of nitrogens with one attached hydrogen (secondary N) is 1. The third kappa shape index (κ3) is 3.38. The van der Waals surface area contributed by atoms with Crippen molar-refractivity contribution in [2.45, 2.75) is 6.92 Å². The number of benzene rings is 2. The first-order valence-corrected chi connectivity index (χ1v) is 8.71. The minimum Gasteiger partial charge on any atom is -0.496 e. The molecule has 1 heterocycles. The molecule has 28 heavy (non-hydrogen) atoms. The number of aromatic nitrogens is 2. The number of methoxy groups -OCH3 is 3. The Kier molecular flexibility index (Phi) is 5.54. The second-order valence-electron chi connectivity index (χ2n) is 6.12. The highest BCUT2D eigenvalue weighted by molar-refractivity contribution is 6.09. The zero-order chi connectivity index (χ0) is 20.3. The molecule has 3 aromatic rings. The van der Waals surface area contributed by atoms with Gasteiger partial charge in [-0.25, -0.2) is 0 Å². The van der Waals surface area contributed by atoms with Gasteiger partial charge in [0, 0.05) is 12.6 Å². The number of ether oxygens (including phenoxy) is 3. The smallest absolute Gasteiger partial charge is 0.264 e. The molecule has 0 radical (unpaired) electrons. The van der Waals surface area contributed by atoms with Crippen LogP contribution in [0.1, 0.15) is 16.1 Å². The van der Waals surface area contributed by atoms with Gasteiger partial charge in [0.05, 0.1) is 32.6 Å². The summed E-state index contributed by atoms with van der Waals surface area (Å²) in [5, 5.41) is 7.44. The molecular formula is C21H23N3O4. The van der Waals surface area contributed by atoms with E-state index in [1.54, 1.807) is 37.0 Å². The van der Waals surface area contributed by atoms with E-state index in [4.69, 9.17) is 14.2 Å². The second kappa shape index (κ2) is 8.04. The molecule has 0 spiro atoms. The van der Waals surface area contributed by atoms with E-state index >= 15 is 0 Å². The Bertz CT molecular complexity index is 989. The van der Waals surface area contributed by atoms with Crippen LogP contribution in [0.2, 0.25) is 0 Å². The molecule has 0 aliphatic rings. The quantitative estimate of drug-likeness (QED) is 0.705. The normalized spacial score (nSPS) is 10.5. The van der Waals surface area contributed by atoms with Crippen LogP contribution in [-0.2, 0) is 7.05 Å². The van der Waals surface area contributed by atoms with Crippen molar-refractivity contribution in [2.75, 3.05) is 26.6 Å². The van der Waals surface area contributed by atoms with Crippen LogP contribution >= 0.6 is 0 Å². The molecule has 7 nitrogen and oxygen atoms in total. The minimum absolute atomic E-state index is 0.317. The van der Waals surface area contributed by atoms with Crippen molar-refractivity contribution in [1.29, 1.82) is 0 Å². The van der Waals surface area contributed by atoms with E-state index in [1.807, 2.05) is 31.2 Å². The zero-order valence-electron chi connectivity index (χ0n) is 16.6. The van der Waals surface area contributed by atoms with Crippen molar-refractivity contribution in [1.82, 2.24) is 9.78 Å². The van der Waals surface area contributed by atoms with Crippen LogP contribution in [0.25, 0.3) is 11.1 Å². The zero-order valence-corrected chi connectivity index (χ0v) is 16.6. The summed E-state index contributed by atoms with van der Waals surface area (Å²) in [5.74, 6) is 1.75. The fourth-order valence-corrected chi connectivity index (χ4v) is 3.22. The van der Waals surface area contributed by atoms with Gasteiger partial charge in [-0.2, -0.15) is 5.10 Å². The van der Waals surface area contributed by atoms with Crippen molar-refractivity contribution >= 4 is 11.7 Å². The SMILES string of the molecule is COc1ccccc1-c1c(C)nn(C)c1NC(=O)c1c(OC)cccc1OC. The summed E-state index contributed by atoms with van der Waals surface area (Å²) < 4.78 is 17.8. The van der Waals surface area contributed by atoms with Crippen LogP contribution in [0.4, 0.5) is 5.82 Å². The fraction of sp³-hybridized carbons (Fsp3) is 0.238. The summed E-state index contributed by atoms with van der Waals surface area (Å²) in [4.78, 5) is 13.1. The topological polar surface area (TPSA) is 74.6 Å². The van der Waals surface area contributed by atoms with Gasteiger partial charge in [0.15, 0.2) is 0 Å². The van der Waals surface area contributed by atoms with Gasteiger partial charge >= 0.3 is 0 Å². The predicted octanol–water partition coefficient (Wildman–Crippen LogP) is 3.67. The third-order valence-corrected chi connectivity index (χ3v) is 4.49. The van der Waals surface area contributed by atoms with E-state index in [0.29, 0.717) is 28.6 Å². The molecule has 7 heteroatoms. The van der Waals surface area contributed by atoms with E-state index < -0.39 is 0 Å². The van der Waals surface area contributed by atoms with Crippen LogP contribution in [0.5, 0.6) is 17.2 Å². The number of nitrogens with zero attached hydrogens (tertiary/aromatic N) is 2. The average molecular weight is 381 g/mol. The molecule has 0 saturated heterocycles. The van der Waals surface area contributed by atoms with E-state index in [-0.39, 0.29) is 5.91 Å². The lowest BCUT2D eigenvalue weighted by Gasteiger charge is -2.15. The fourth-order valence-electron chi connectivity index (χ4n) is 3.22. The Morgan fingerprint density at radius 2 is 1.50 bits per heavy atom. The maximum absolute atomic E-state index is 13.1. The summed E-state index contributed by atoms with van der Waals surface area (Å²) >= 11 is 0. The van der Waals surface area contributed by atoms with Gasteiger partial charge in [-0.15, -0.1) is 0 Å². The van der Waals surface area contributed by atoms with E-state index in [9.17, 15) is 4.79 Å². The first-order valence-electron chi connectivity index (χ1n) is 8.71. The Morgan fingerprint density at radius 3 is 2.11 bits per heavy atom. The summed E-state index contributed by atoms with van der Waals surface area (Å²) in [6.07, 6.45) is 0. The lowest BCUT2D eigenvalue weighted by Crippen LogP contribution is -2.17. The Morgan fingerprint density at radius 1 is 0.929 bits per heavy atom. The average Bonchev–Trinajstić information content (AvgIpc) is 2.99. The maximum Gasteiger partial charge on any atom is 0.264 e. The van der Waals surface area contributed by atoms with Gasteiger partial charge < -0.3 is 19.5 Å². The number of anilines is 1. The number of carbonyl (C=O) groups excluding carboxylic acids is 1. The van der Waals surface area contributed by atoms with Gasteiger partial charge in [0.1, 0.15) is 28.6 Å². The van der Waals surface area contributed by atoms with Crippen LogP contribution in [0.15, 0.2) is 42.5 Å². The molecule has 0 saturated carbocycles. The predicted molar refractivity (Wildman–Crippen MR) is 107 cm³/mol. The van der Waals surface area contributed by atoms with Gasteiger partial charge in [-0.1, -0.05) is 24.3 Å². The van der Waals surface area contributed by atoms with Crippen LogP contribution in [0, 0.1) is 6.92 Å². The van der Waals surface area contributed by atoms with Gasteiger partial charge in [0.25, 0.3) is 5.91 Å². The molecule has 1 aromatic heterocycles. The molecule has 1 amide bonds. The number of carbonyl (C=O) groups is 1. The number of para-hydroxylation sites is 1. The minimum atomic E-state index is -0.353. The number of aryl methyl sites for hydroxylation is 2. The van der Waals surface area contributed by atoms with Crippen LogP contribution < -0.4 is 19.5 Å². The molecule has 146 valence electrons. The highest BCUT2D eigenvalue weighted by atomic mass is 16.5. The van der Waals surface area contributed by atoms with E-state index in [2.05, 4.69) is 10.4 Å². The van der Waals surface area contributed by atoms with E-state index in [1.165, 1.54) is 14.2 Å². The maximum atomic E-state index is 13.1. The lowest BCUT2D eigenvalue weighted by molar-refractivity contribution is 0.102. The third-order valence-electron chi connectivity index (χ3n) is 4.49. The van der Waals surface area contributed by atoms with Crippen molar-refractivity contribution in [2.24, 2.45) is 7.05 Å². The van der Waals surface area contributed by atoms with Crippen molar-refractivity contribution in [3.05, 3.63) is 53.7 Å². The molecule has 3 rings (SSSR count). The molecule has 0 bridgehead atoms. The largest absolute Gasteiger partial charge is 0.496 e. The lowest BCUT2D eigenvalue weighted by atomic mass is 10.0. The van der Waals surface area contributed by atoms with Crippen molar-refractivity contribution in [3.63, 3.8) is 0 Å². The molecule has 0 aliphatic carbocycles. The highest BCUT2D eigenvalue weighted by Gasteiger charge is 2.24. The van der Waals surface area contributed by atoms with Gasteiger partial charge in [-0.05, 0) is 25.1 Å². The molecule has 0 aliphatic heterocycles. The molecule has 0 unspecified atom stereocenters. The molecule has 1 N–H and O–H groups in total. The summed E-state index contributed by atoms with van der Waals surface area (Å²) in [6, 6.07) is 12.8. The van der Waals surface area contributed by atoms with Crippen molar-refractivity contribution in [3.8, 4) is 28.4 Å². The highest BCUT2D eigenvalue weighted by Crippen LogP contribution is 2.38. The second-order valence-corrected chi connectivity index (χ2v) is 6.12. The van der Waals surface area contributed by atoms with Gasteiger partial charge in [-0.3, -0.25) is 9.48 Å².